The zero-order valence-electron chi connectivity index (χ0n) is 10.1. The summed E-state index contributed by atoms with van der Waals surface area (Å²) >= 11 is 0. The largest absolute Gasteiger partial charge is 0.352 e. The highest BCUT2D eigenvalue weighted by atomic mass is 16.2. The Bertz CT molecular complexity index is 180. The average Bonchev–Trinajstić information content (AvgIpc) is 2.11. The molecule has 0 aromatic rings. The first-order valence-electron chi connectivity index (χ1n) is 5.38. The molecule has 0 bridgehead atoms. The number of hydrogen-bond acceptors (Lipinski definition) is 2. The maximum atomic E-state index is 11.7. The van der Waals surface area contributed by atoms with Crippen molar-refractivity contribution in [3.63, 3.8) is 0 Å². The van der Waals surface area contributed by atoms with Crippen LogP contribution in [0.5, 0.6) is 0 Å². The fraction of sp³-hybridized carbons (Fsp3) is 0.909. The molecule has 1 atom stereocenters. The first-order valence-corrected chi connectivity index (χ1v) is 5.38. The number of rotatable bonds is 4. The molecular formula is C11H24N2O. The van der Waals surface area contributed by atoms with Crippen molar-refractivity contribution in [2.24, 2.45) is 11.1 Å². The van der Waals surface area contributed by atoms with Gasteiger partial charge in [0.2, 0.25) is 5.91 Å². The highest BCUT2D eigenvalue weighted by Crippen LogP contribution is 2.17. The summed E-state index contributed by atoms with van der Waals surface area (Å²) < 4.78 is 0. The summed E-state index contributed by atoms with van der Waals surface area (Å²) in [6.45, 7) is 10.1. The van der Waals surface area contributed by atoms with E-state index in [9.17, 15) is 4.79 Å². The Morgan fingerprint density at radius 2 is 1.71 bits per heavy atom. The Morgan fingerprint density at radius 3 is 2.00 bits per heavy atom. The van der Waals surface area contributed by atoms with Crippen LogP contribution in [0.2, 0.25) is 0 Å². The molecule has 0 fully saturated rings. The van der Waals surface area contributed by atoms with E-state index in [1.807, 2.05) is 20.8 Å². The second-order valence-corrected chi connectivity index (χ2v) is 4.87. The second kappa shape index (κ2) is 5.35. The van der Waals surface area contributed by atoms with Gasteiger partial charge in [0.25, 0.3) is 0 Å². The van der Waals surface area contributed by atoms with E-state index in [0.29, 0.717) is 0 Å². The van der Waals surface area contributed by atoms with E-state index in [1.165, 1.54) is 0 Å². The number of nitrogens with one attached hydrogen (secondary N) is 1. The van der Waals surface area contributed by atoms with Crippen LogP contribution in [-0.2, 0) is 4.79 Å². The molecule has 0 radical (unpaired) electrons. The zero-order chi connectivity index (χ0) is 11.4. The highest BCUT2D eigenvalue weighted by Gasteiger charge is 2.28. The molecule has 0 rings (SSSR count). The van der Waals surface area contributed by atoms with Gasteiger partial charge in [0.1, 0.15) is 0 Å². The normalized spacial score (nSPS) is 14.2. The predicted molar refractivity (Wildman–Crippen MR) is 59.9 cm³/mol. The van der Waals surface area contributed by atoms with Crippen LogP contribution in [0.4, 0.5) is 0 Å². The van der Waals surface area contributed by atoms with Gasteiger partial charge in [-0.15, -0.1) is 0 Å². The quantitative estimate of drug-likeness (QED) is 0.725. The SMILES string of the molecule is CCC(CC)NC(=O)[C@H](N)C(C)(C)C. The Kier molecular flexibility index (Phi) is 5.13. The maximum absolute atomic E-state index is 11.7. The standard InChI is InChI=1S/C11H24N2O/c1-6-8(7-2)13-10(14)9(12)11(3,4)5/h8-9H,6-7,12H2,1-5H3,(H,13,14)/t9-/m0/s1. The van der Waals surface area contributed by atoms with Gasteiger partial charge in [-0.1, -0.05) is 34.6 Å². The monoisotopic (exact) mass is 200 g/mol. The van der Waals surface area contributed by atoms with Gasteiger partial charge >= 0.3 is 0 Å². The van der Waals surface area contributed by atoms with E-state index in [4.69, 9.17) is 5.73 Å². The molecule has 3 heteroatoms. The summed E-state index contributed by atoms with van der Waals surface area (Å²) in [5, 5.41) is 2.96. The number of hydrogen-bond donors (Lipinski definition) is 2. The van der Waals surface area contributed by atoms with Crippen LogP contribution < -0.4 is 11.1 Å². The number of carbonyl (C=O) groups excluding carboxylic acids is 1. The van der Waals surface area contributed by atoms with Crippen molar-refractivity contribution in [3.05, 3.63) is 0 Å². The fourth-order valence-electron chi connectivity index (χ4n) is 1.18. The Hall–Kier alpha value is -0.570. The molecule has 0 aliphatic rings. The van der Waals surface area contributed by atoms with Gasteiger partial charge in [-0.3, -0.25) is 4.79 Å². The van der Waals surface area contributed by atoms with Gasteiger partial charge in [0.15, 0.2) is 0 Å². The van der Waals surface area contributed by atoms with Gasteiger partial charge in [-0.25, -0.2) is 0 Å². The molecule has 0 aromatic heterocycles. The minimum Gasteiger partial charge on any atom is -0.352 e. The molecule has 0 heterocycles. The number of carbonyl (C=O) groups is 1. The van der Waals surface area contributed by atoms with Crippen molar-refractivity contribution in [2.75, 3.05) is 0 Å². The smallest absolute Gasteiger partial charge is 0.237 e. The van der Waals surface area contributed by atoms with Crippen molar-refractivity contribution in [1.82, 2.24) is 5.32 Å². The van der Waals surface area contributed by atoms with Crippen LogP contribution in [0.3, 0.4) is 0 Å². The van der Waals surface area contributed by atoms with E-state index < -0.39 is 6.04 Å². The van der Waals surface area contributed by atoms with E-state index in [0.717, 1.165) is 12.8 Å². The van der Waals surface area contributed by atoms with Gasteiger partial charge < -0.3 is 11.1 Å². The molecule has 0 aromatic carbocycles. The van der Waals surface area contributed by atoms with E-state index in [2.05, 4.69) is 19.2 Å². The molecule has 1 amide bonds. The molecule has 3 nitrogen and oxygen atoms in total. The summed E-state index contributed by atoms with van der Waals surface area (Å²) in [6, 6.07) is -0.168. The molecule has 84 valence electrons. The minimum atomic E-state index is -0.428. The summed E-state index contributed by atoms with van der Waals surface area (Å²) in [5.41, 5.74) is 5.67. The molecule has 0 unspecified atom stereocenters. The molecule has 14 heavy (non-hydrogen) atoms. The Balaban J connectivity index is 4.21. The van der Waals surface area contributed by atoms with Crippen LogP contribution in [0.25, 0.3) is 0 Å². The van der Waals surface area contributed by atoms with Crippen LogP contribution in [0.1, 0.15) is 47.5 Å². The van der Waals surface area contributed by atoms with E-state index in [1.54, 1.807) is 0 Å². The van der Waals surface area contributed by atoms with Crippen LogP contribution in [-0.4, -0.2) is 18.0 Å². The highest BCUT2D eigenvalue weighted by molar-refractivity contribution is 5.82. The van der Waals surface area contributed by atoms with Crippen molar-refractivity contribution < 1.29 is 4.79 Å². The number of nitrogens with two attached hydrogens (primary N) is 1. The molecule has 3 N–H and O–H groups in total. The summed E-state index contributed by atoms with van der Waals surface area (Å²) in [5.74, 6) is -0.0359. The summed E-state index contributed by atoms with van der Waals surface area (Å²) in [6.07, 6.45) is 1.91. The Morgan fingerprint density at radius 1 is 1.29 bits per heavy atom. The summed E-state index contributed by atoms with van der Waals surface area (Å²) in [7, 11) is 0. The average molecular weight is 200 g/mol. The summed E-state index contributed by atoms with van der Waals surface area (Å²) in [4.78, 5) is 11.7. The number of amides is 1. The van der Waals surface area contributed by atoms with Crippen molar-refractivity contribution in [3.8, 4) is 0 Å². The predicted octanol–water partition coefficient (Wildman–Crippen LogP) is 1.66. The van der Waals surface area contributed by atoms with Crippen molar-refractivity contribution in [2.45, 2.75) is 59.5 Å². The first kappa shape index (κ1) is 13.4. The Labute approximate surface area is 87.4 Å². The zero-order valence-corrected chi connectivity index (χ0v) is 10.1. The molecule has 0 saturated carbocycles. The second-order valence-electron chi connectivity index (χ2n) is 4.87. The lowest BCUT2D eigenvalue weighted by molar-refractivity contribution is -0.125. The molecule has 0 saturated heterocycles. The van der Waals surface area contributed by atoms with Gasteiger partial charge in [-0.05, 0) is 18.3 Å². The van der Waals surface area contributed by atoms with Gasteiger partial charge in [-0.2, -0.15) is 0 Å². The lowest BCUT2D eigenvalue weighted by atomic mass is 9.86. The topological polar surface area (TPSA) is 55.1 Å². The minimum absolute atomic E-state index is 0.0359. The molecular weight excluding hydrogens is 176 g/mol. The lowest BCUT2D eigenvalue weighted by Gasteiger charge is -2.27. The third kappa shape index (κ3) is 4.09. The fourth-order valence-corrected chi connectivity index (χ4v) is 1.18. The molecule has 0 aliphatic carbocycles. The van der Waals surface area contributed by atoms with Crippen molar-refractivity contribution in [1.29, 1.82) is 0 Å². The van der Waals surface area contributed by atoms with Crippen LogP contribution in [0, 0.1) is 5.41 Å². The van der Waals surface area contributed by atoms with Crippen molar-refractivity contribution >= 4 is 5.91 Å². The third-order valence-corrected chi connectivity index (χ3v) is 2.55. The first-order chi connectivity index (χ1) is 6.32. The van der Waals surface area contributed by atoms with E-state index in [-0.39, 0.29) is 17.4 Å². The van der Waals surface area contributed by atoms with Gasteiger partial charge in [0, 0.05) is 6.04 Å². The molecule has 0 aliphatic heterocycles. The van der Waals surface area contributed by atoms with Crippen LogP contribution >= 0.6 is 0 Å². The van der Waals surface area contributed by atoms with Gasteiger partial charge in [0.05, 0.1) is 6.04 Å². The van der Waals surface area contributed by atoms with E-state index >= 15 is 0 Å². The molecule has 0 spiro atoms. The third-order valence-electron chi connectivity index (χ3n) is 2.55. The maximum Gasteiger partial charge on any atom is 0.237 e. The lowest BCUT2D eigenvalue weighted by Crippen LogP contribution is -2.51. The van der Waals surface area contributed by atoms with Crippen LogP contribution in [0.15, 0.2) is 0 Å².